The molecule has 29 heavy (non-hydrogen) atoms. The standard InChI is InChI=1S/C20H22N4O5/c1-13(29-19(22)26)18(25)23-11-14-7-9-16(10-8-14)17(21)24-20(27)28-12-15-5-3-2-4-6-15/h2-10,13H,11-12H2,1H3,(H2,22,26)(H,23,25)(H2,21,24,27)/t13-/m0/s1. The summed E-state index contributed by atoms with van der Waals surface area (Å²) >= 11 is 0. The van der Waals surface area contributed by atoms with E-state index in [0.717, 1.165) is 11.1 Å². The third-order valence-electron chi connectivity index (χ3n) is 3.81. The van der Waals surface area contributed by atoms with Crippen LogP contribution in [0.4, 0.5) is 9.59 Å². The van der Waals surface area contributed by atoms with Crippen LogP contribution in [0.3, 0.4) is 0 Å². The summed E-state index contributed by atoms with van der Waals surface area (Å²) in [5, 5.41) is 12.9. The first-order valence-corrected chi connectivity index (χ1v) is 8.74. The number of amidine groups is 1. The van der Waals surface area contributed by atoms with Crippen molar-refractivity contribution in [2.75, 3.05) is 0 Å². The van der Waals surface area contributed by atoms with E-state index in [0.29, 0.717) is 5.56 Å². The Bertz CT molecular complexity index is 868. The molecule has 0 aromatic heterocycles. The lowest BCUT2D eigenvalue weighted by Gasteiger charge is -2.12. The molecule has 0 heterocycles. The number of nitrogens with one attached hydrogen (secondary N) is 3. The van der Waals surface area contributed by atoms with Crippen molar-refractivity contribution in [2.45, 2.75) is 26.2 Å². The summed E-state index contributed by atoms with van der Waals surface area (Å²) in [5.41, 5.74) is 6.94. The fourth-order valence-electron chi connectivity index (χ4n) is 2.28. The van der Waals surface area contributed by atoms with Gasteiger partial charge in [0.05, 0.1) is 0 Å². The van der Waals surface area contributed by atoms with Crippen molar-refractivity contribution in [3.8, 4) is 0 Å². The van der Waals surface area contributed by atoms with Crippen molar-refractivity contribution in [3.63, 3.8) is 0 Å². The molecule has 0 aliphatic heterocycles. The Hall–Kier alpha value is -3.88. The SMILES string of the molecule is C[C@H](OC(N)=O)C(=O)NCc1ccc(C(=N)NC(=O)OCc2ccccc2)cc1. The van der Waals surface area contributed by atoms with Gasteiger partial charge in [0, 0.05) is 12.1 Å². The third kappa shape index (κ3) is 7.33. The molecule has 9 heteroatoms. The van der Waals surface area contributed by atoms with E-state index < -0.39 is 24.2 Å². The van der Waals surface area contributed by atoms with Crippen molar-refractivity contribution in [1.29, 1.82) is 5.41 Å². The predicted molar refractivity (Wildman–Crippen MR) is 105 cm³/mol. The number of carbonyl (C=O) groups excluding carboxylic acids is 3. The minimum Gasteiger partial charge on any atom is -0.444 e. The van der Waals surface area contributed by atoms with E-state index in [2.05, 4.69) is 15.4 Å². The van der Waals surface area contributed by atoms with Crippen molar-refractivity contribution < 1.29 is 23.9 Å². The predicted octanol–water partition coefficient (Wildman–Crippen LogP) is 2.04. The summed E-state index contributed by atoms with van der Waals surface area (Å²) in [5.74, 6) is -0.592. The molecule has 0 aliphatic carbocycles. The van der Waals surface area contributed by atoms with E-state index in [9.17, 15) is 14.4 Å². The Morgan fingerprint density at radius 1 is 1.03 bits per heavy atom. The molecule has 2 aromatic carbocycles. The molecule has 0 radical (unpaired) electrons. The van der Waals surface area contributed by atoms with Gasteiger partial charge in [0.25, 0.3) is 5.91 Å². The van der Waals surface area contributed by atoms with Gasteiger partial charge in [0.1, 0.15) is 12.4 Å². The summed E-state index contributed by atoms with van der Waals surface area (Å²) in [6, 6.07) is 15.9. The molecule has 0 fully saturated rings. The first-order chi connectivity index (χ1) is 13.8. The third-order valence-corrected chi connectivity index (χ3v) is 3.81. The molecule has 0 saturated carbocycles. The topological polar surface area (TPSA) is 144 Å². The number of ether oxygens (including phenoxy) is 2. The maximum atomic E-state index is 11.8. The van der Waals surface area contributed by atoms with Gasteiger partial charge in [-0.15, -0.1) is 0 Å². The van der Waals surface area contributed by atoms with Gasteiger partial charge in [-0.1, -0.05) is 54.6 Å². The molecule has 0 aliphatic rings. The van der Waals surface area contributed by atoms with Crippen molar-refractivity contribution >= 4 is 23.9 Å². The summed E-state index contributed by atoms with van der Waals surface area (Å²) in [4.78, 5) is 34.2. The lowest BCUT2D eigenvalue weighted by atomic mass is 10.1. The second-order valence-corrected chi connectivity index (χ2v) is 6.06. The number of nitrogens with two attached hydrogens (primary N) is 1. The first-order valence-electron chi connectivity index (χ1n) is 8.74. The largest absolute Gasteiger partial charge is 0.444 e. The summed E-state index contributed by atoms with van der Waals surface area (Å²) in [6.45, 7) is 1.72. The van der Waals surface area contributed by atoms with Gasteiger partial charge in [-0.2, -0.15) is 0 Å². The maximum absolute atomic E-state index is 11.8. The van der Waals surface area contributed by atoms with E-state index in [1.807, 2.05) is 30.3 Å². The molecule has 0 bridgehead atoms. The maximum Gasteiger partial charge on any atom is 0.413 e. The van der Waals surface area contributed by atoms with Crippen LogP contribution in [0.25, 0.3) is 0 Å². The molecular formula is C20H22N4O5. The molecule has 5 N–H and O–H groups in total. The number of benzene rings is 2. The molecule has 9 nitrogen and oxygen atoms in total. The van der Waals surface area contributed by atoms with Crippen LogP contribution < -0.4 is 16.4 Å². The minimum absolute atomic E-state index is 0.108. The molecule has 2 rings (SSSR count). The fourth-order valence-corrected chi connectivity index (χ4v) is 2.28. The van der Waals surface area contributed by atoms with Crippen LogP contribution in [-0.2, 0) is 27.4 Å². The molecule has 1 atom stereocenters. The Balaban J connectivity index is 1.79. The van der Waals surface area contributed by atoms with Crippen LogP contribution in [-0.4, -0.2) is 30.0 Å². The Labute approximate surface area is 167 Å². The molecule has 0 saturated heterocycles. The van der Waals surface area contributed by atoms with E-state index >= 15 is 0 Å². The van der Waals surface area contributed by atoms with Gasteiger partial charge in [-0.05, 0) is 18.1 Å². The molecule has 2 aromatic rings. The van der Waals surface area contributed by atoms with Gasteiger partial charge < -0.3 is 20.5 Å². The normalized spacial score (nSPS) is 11.1. The zero-order valence-corrected chi connectivity index (χ0v) is 15.8. The number of amides is 3. The van der Waals surface area contributed by atoms with Crippen molar-refractivity contribution in [1.82, 2.24) is 10.6 Å². The molecular weight excluding hydrogens is 376 g/mol. The number of hydrogen-bond acceptors (Lipinski definition) is 6. The second kappa shape index (κ2) is 10.5. The van der Waals surface area contributed by atoms with Crippen LogP contribution in [0, 0.1) is 5.41 Å². The Kier molecular flexibility index (Phi) is 7.72. The van der Waals surface area contributed by atoms with Crippen LogP contribution in [0.15, 0.2) is 54.6 Å². The second-order valence-electron chi connectivity index (χ2n) is 6.06. The molecule has 152 valence electrons. The highest BCUT2D eigenvalue weighted by Crippen LogP contribution is 2.06. The quantitative estimate of drug-likeness (QED) is 0.417. The highest BCUT2D eigenvalue weighted by Gasteiger charge is 2.15. The lowest BCUT2D eigenvalue weighted by Crippen LogP contribution is -2.36. The molecule has 0 unspecified atom stereocenters. The molecule has 0 spiro atoms. The number of primary amides is 1. The van der Waals surface area contributed by atoms with Gasteiger partial charge in [-0.25, -0.2) is 9.59 Å². The van der Waals surface area contributed by atoms with Gasteiger partial charge in [-0.3, -0.25) is 15.5 Å². The van der Waals surface area contributed by atoms with Crippen LogP contribution in [0.2, 0.25) is 0 Å². The van der Waals surface area contributed by atoms with Crippen LogP contribution in [0.1, 0.15) is 23.6 Å². The van der Waals surface area contributed by atoms with Gasteiger partial charge in [0.2, 0.25) is 0 Å². The number of rotatable bonds is 7. The monoisotopic (exact) mass is 398 g/mol. The average molecular weight is 398 g/mol. The Morgan fingerprint density at radius 2 is 1.69 bits per heavy atom. The van der Waals surface area contributed by atoms with E-state index in [4.69, 9.17) is 15.9 Å². The molecule has 3 amide bonds. The lowest BCUT2D eigenvalue weighted by molar-refractivity contribution is -0.128. The average Bonchev–Trinajstić information content (AvgIpc) is 2.71. The van der Waals surface area contributed by atoms with Gasteiger partial charge in [0.15, 0.2) is 6.10 Å². The number of alkyl carbamates (subject to hydrolysis) is 1. The number of hydrogen-bond donors (Lipinski definition) is 4. The van der Waals surface area contributed by atoms with Crippen molar-refractivity contribution in [3.05, 3.63) is 71.3 Å². The van der Waals surface area contributed by atoms with Gasteiger partial charge >= 0.3 is 12.2 Å². The fraction of sp³-hybridized carbons (Fsp3) is 0.200. The Morgan fingerprint density at radius 3 is 2.31 bits per heavy atom. The highest BCUT2D eigenvalue weighted by atomic mass is 16.6. The van der Waals surface area contributed by atoms with E-state index in [-0.39, 0.29) is 19.0 Å². The zero-order valence-electron chi connectivity index (χ0n) is 15.8. The minimum atomic E-state index is -1.02. The van der Waals surface area contributed by atoms with Crippen LogP contribution in [0.5, 0.6) is 0 Å². The van der Waals surface area contributed by atoms with Crippen LogP contribution >= 0.6 is 0 Å². The first kappa shape index (κ1) is 21.4. The number of carbonyl (C=O) groups is 3. The smallest absolute Gasteiger partial charge is 0.413 e. The summed E-state index contributed by atoms with van der Waals surface area (Å²) in [6.07, 6.45) is -2.74. The van der Waals surface area contributed by atoms with E-state index in [1.54, 1.807) is 24.3 Å². The summed E-state index contributed by atoms with van der Waals surface area (Å²) < 4.78 is 9.66. The highest BCUT2D eigenvalue weighted by molar-refractivity contribution is 6.04. The van der Waals surface area contributed by atoms with Crippen molar-refractivity contribution in [2.24, 2.45) is 5.73 Å². The van der Waals surface area contributed by atoms with E-state index in [1.165, 1.54) is 6.92 Å². The zero-order chi connectivity index (χ0) is 21.2. The summed E-state index contributed by atoms with van der Waals surface area (Å²) in [7, 11) is 0.